The Hall–Kier alpha value is -4.33. The first-order valence-electron chi connectivity index (χ1n) is 11.4. The van der Waals surface area contributed by atoms with Crippen molar-refractivity contribution in [1.82, 2.24) is 0 Å². The van der Waals surface area contributed by atoms with Crippen molar-refractivity contribution in [3.05, 3.63) is 83.3 Å². The second-order valence-electron chi connectivity index (χ2n) is 9.58. The van der Waals surface area contributed by atoms with Gasteiger partial charge in [0.2, 0.25) is 5.91 Å². The molecule has 2 aromatic carbocycles. The zero-order valence-corrected chi connectivity index (χ0v) is 20.8. The number of carbonyl (C=O) groups is 3. The van der Waals surface area contributed by atoms with Crippen LogP contribution in [0.25, 0.3) is 5.76 Å². The van der Waals surface area contributed by atoms with Gasteiger partial charge in [-0.15, -0.1) is 0 Å². The van der Waals surface area contributed by atoms with E-state index in [1.165, 1.54) is 25.2 Å². The molecule has 1 fully saturated rings. The lowest BCUT2D eigenvalue weighted by Crippen LogP contribution is -2.29. The Balaban J connectivity index is 1.94. The number of rotatable bonds is 5. The first-order chi connectivity index (χ1) is 17.0. The van der Waals surface area contributed by atoms with Gasteiger partial charge >= 0.3 is 0 Å². The van der Waals surface area contributed by atoms with Crippen LogP contribution in [0, 0.1) is 0 Å². The number of carbonyl (C=O) groups excluding carboxylic acids is 3. The molecular formula is C28H28N2O6. The quantitative estimate of drug-likeness (QED) is 0.291. The Labute approximate surface area is 209 Å². The van der Waals surface area contributed by atoms with E-state index in [-0.39, 0.29) is 22.7 Å². The fourth-order valence-electron chi connectivity index (χ4n) is 4.26. The van der Waals surface area contributed by atoms with E-state index in [2.05, 4.69) is 5.32 Å². The summed E-state index contributed by atoms with van der Waals surface area (Å²) >= 11 is 0. The van der Waals surface area contributed by atoms with Crippen LogP contribution >= 0.6 is 0 Å². The monoisotopic (exact) mass is 488 g/mol. The number of anilines is 2. The Kier molecular flexibility index (Phi) is 6.45. The first kappa shape index (κ1) is 24.8. The van der Waals surface area contributed by atoms with E-state index in [4.69, 9.17) is 9.15 Å². The average molecular weight is 489 g/mol. The van der Waals surface area contributed by atoms with Gasteiger partial charge in [0.25, 0.3) is 11.7 Å². The summed E-state index contributed by atoms with van der Waals surface area (Å²) in [7, 11) is 1.47. The number of ether oxygens (including phenoxy) is 1. The number of nitrogens with zero attached hydrogens (tertiary/aromatic N) is 1. The highest BCUT2D eigenvalue weighted by molar-refractivity contribution is 6.51. The minimum absolute atomic E-state index is 0.121. The first-order valence-corrected chi connectivity index (χ1v) is 11.4. The third kappa shape index (κ3) is 4.49. The highest BCUT2D eigenvalue weighted by Crippen LogP contribution is 2.44. The van der Waals surface area contributed by atoms with Crippen molar-refractivity contribution in [2.45, 2.75) is 39.2 Å². The molecule has 2 N–H and O–H groups in total. The summed E-state index contributed by atoms with van der Waals surface area (Å²) in [5.74, 6) is -1.67. The van der Waals surface area contributed by atoms with Crippen molar-refractivity contribution < 1.29 is 28.6 Å². The largest absolute Gasteiger partial charge is 0.507 e. The molecule has 1 atom stereocenters. The zero-order valence-electron chi connectivity index (χ0n) is 20.8. The van der Waals surface area contributed by atoms with Gasteiger partial charge in [-0.3, -0.25) is 19.3 Å². The summed E-state index contributed by atoms with van der Waals surface area (Å²) in [6, 6.07) is 14.2. The Bertz CT molecular complexity index is 1360. The number of Topliss-reactive ketones (excluding diaryl/α,β-unsaturated/α-hetero) is 1. The molecule has 0 saturated carbocycles. The van der Waals surface area contributed by atoms with Gasteiger partial charge in [-0.05, 0) is 53.4 Å². The van der Waals surface area contributed by atoms with Crippen molar-refractivity contribution >= 4 is 34.7 Å². The van der Waals surface area contributed by atoms with Crippen molar-refractivity contribution in [1.29, 1.82) is 0 Å². The topological polar surface area (TPSA) is 109 Å². The van der Waals surface area contributed by atoms with Gasteiger partial charge in [0.05, 0.1) is 24.5 Å². The highest BCUT2D eigenvalue weighted by atomic mass is 16.5. The number of aliphatic hydroxyl groups is 1. The van der Waals surface area contributed by atoms with Gasteiger partial charge in [0.15, 0.2) is 0 Å². The number of hydrogen-bond donors (Lipinski definition) is 2. The predicted octanol–water partition coefficient (Wildman–Crippen LogP) is 5.17. The number of nitrogens with one attached hydrogen (secondary N) is 1. The minimum Gasteiger partial charge on any atom is -0.507 e. The van der Waals surface area contributed by atoms with E-state index in [1.54, 1.807) is 48.5 Å². The number of benzene rings is 2. The van der Waals surface area contributed by atoms with Gasteiger partial charge in [-0.1, -0.05) is 32.9 Å². The maximum absolute atomic E-state index is 13.4. The maximum atomic E-state index is 13.4. The fourth-order valence-corrected chi connectivity index (χ4v) is 4.26. The molecule has 3 aromatic rings. The molecule has 1 aromatic heterocycles. The van der Waals surface area contributed by atoms with E-state index in [0.29, 0.717) is 28.4 Å². The summed E-state index contributed by atoms with van der Waals surface area (Å²) in [6.45, 7) is 7.47. The molecule has 0 bridgehead atoms. The smallest absolute Gasteiger partial charge is 0.300 e. The fraction of sp³-hybridized carbons (Fsp3) is 0.250. The molecule has 2 heterocycles. The Morgan fingerprint density at radius 3 is 2.44 bits per heavy atom. The lowest BCUT2D eigenvalue weighted by atomic mass is 9.85. The molecule has 0 aliphatic carbocycles. The SMILES string of the molecule is COc1ccc(C(C)(C)C)cc1/C(O)=C1\C(=O)C(=O)N(c2cccc(NC(C)=O)c2)C1c1ccco1. The van der Waals surface area contributed by atoms with Crippen molar-refractivity contribution in [2.24, 2.45) is 0 Å². The predicted molar refractivity (Wildman–Crippen MR) is 136 cm³/mol. The Morgan fingerprint density at radius 1 is 1.08 bits per heavy atom. The maximum Gasteiger partial charge on any atom is 0.300 e. The van der Waals surface area contributed by atoms with Crippen LogP contribution in [0.3, 0.4) is 0 Å². The highest BCUT2D eigenvalue weighted by Gasteiger charge is 2.48. The molecule has 186 valence electrons. The summed E-state index contributed by atoms with van der Waals surface area (Å²) in [4.78, 5) is 39.6. The summed E-state index contributed by atoms with van der Waals surface area (Å²) in [5.41, 5.74) is 1.67. The molecule has 8 nitrogen and oxygen atoms in total. The number of methoxy groups -OCH3 is 1. The average Bonchev–Trinajstić information content (AvgIpc) is 3.44. The van der Waals surface area contributed by atoms with Gasteiger partial charge in [0, 0.05) is 18.3 Å². The van der Waals surface area contributed by atoms with Crippen LogP contribution < -0.4 is 15.0 Å². The zero-order chi connectivity index (χ0) is 26.2. The van der Waals surface area contributed by atoms with Crippen LogP contribution in [0.2, 0.25) is 0 Å². The van der Waals surface area contributed by atoms with E-state index in [0.717, 1.165) is 5.56 Å². The van der Waals surface area contributed by atoms with Crippen LogP contribution in [0.5, 0.6) is 5.75 Å². The van der Waals surface area contributed by atoms with Crippen LogP contribution in [0.4, 0.5) is 11.4 Å². The van der Waals surface area contributed by atoms with Crippen molar-refractivity contribution in [3.63, 3.8) is 0 Å². The molecular weight excluding hydrogens is 460 g/mol. The molecule has 8 heteroatoms. The summed E-state index contributed by atoms with van der Waals surface area (Å²) in [6.07, 6.45) is 1.43. The van der Waals surface area contributed by atoms with Gasteiger partial charge < -0.3 is 19.6 Å². The number of hydrogen-bond acceptors (Lipinski definition) is 6. The molecule has 1 aliphatic heterocycles. The van der Waals surface area contributed by atoms with E-state index in [9.17, 15) is 19.5 Å². The van der Waals surface area contributed by atoms with E-state index >= 15 is 0 Å². The second-order valence-corrected chi connectivity index (χ2v) is 9.58. The van der Waals surface area contributed by atoms with Gasteiger partial charge in [0.1, 0.15) is 23.3 Å². The molecule has 1 aliphatic rings. The molecule has 36 heavy (non-hydrogen) atoms. The standard InChI is InChI=1S/C28H28N2O6/c1-16(31)29-18-8-6-9-19(15-18)30-24(22-10-7-13-36-22)23(26(33)27(30)34)25(32)20-14-17(28(2,3)4)11-12-21(20)35-5/h6-15,24,32H,1-5H3,(H,29,31)/b25-23+. The summed E-state index contributed by atoms with van der Waals surface area (Å²) in [5, 5.41) is 14.2. The molecule has 0 radical (unpaired) electrons. The summed E-state index contributed by atoms with van der Waals surface area (Å²) < 4.78 is 11.1. The molecule has 2 amide bonds. The molecule has 1 saturated heterocycles. The third-order valence-corrected chi connectivity index (χ3v) is 6.02. The van der Waals surface area contributed by atoms with E-state index in [1.807, 2.05) is 26.8 Å². The van der Waals surface area contributed by atoms with Gasteiger partial charge in [-0.25, -0.2) is 0 Å². The lowest BCUT2D eigenvalue weighted by Gasteiger charge is -2.24. The van der Waals surface area contributed by atoms with Crippen LogP contribution in [0.15, 0.2) is 70.9 Å². The minimum atomic E-state index is -1.03. The van der Waals surface area contributed by atoms with Crippen LogP contribution in [-0.2, 0) is 19.8 Å². The molecule has 1 unspecified atom stereocenters. The van der Waals surface area contributed by atoms with Gasteiger partial charge in [-0.2, -0.15) is 0 Å². The third-order valence-electron chi connectivity index (χ3n) is 6.02. The lowest BCUT2D eigenvalue weighted by molar-refractivity contribution is -0.132. The Morgan fingerprint density at radius 2 is 1.83 bits per heavy atom. The number of furan rings is 1. The van der Waals surface area contributed by atoms with Crippen molar-refractivity contribution in [3.8, 4) is 5.75 Å². The molecule has 4 rings (SSSR count). The normalized spacial score (nSPS) is 17.4. The van der Waals surface area contributed by atoms with Crippen LogP contribution in [0.1, 0.15) is 50.6 Å². The number of aliphatic hydroxyl groups excluding tert-OH is 1. The van der Waals surface area contributed by atoms with E-state index < -0.39 is 17.7 Å². The number of amides is 2. The number of ketones is 1. The second kappa shape index (κ2) is 9.37. The van der Waals surface area contributed by atoms with Crippen molar-refractivity contribution in [2.75, 3.05) is 17.3 Å². The molecule has 0 spiro atoms. The van der Waals surface area contributed by atoms with Crippen LogP contribution in [-0.4, -0.2) is 29.8 Å².